The fraction of sp³-hybridized carbons (Fsp3) is 0.462. The molecule has 0 saturated heterocycles. The number of esters is 1. The van der Waals surface area contributed by atoms with Crippen molar-refractivity contribution in [1.82, 2.24) is 0 Å². The van der Waals surface area contributed by atoms with Gasteiger partial charge in [0.25, 0.3) is 0 Å². The number of methoxy groups -OCH3 is 1. The maximum atomic E-state index is 11.5. The fourth-order valence-corrected chi connectivity index (χ4v) is 1.85. The highest BCUT2D eigenvalue weighted by Gasteiger charge is 2.45. The van der Waals surface area contributed by atoms with Crippen LogP contribution in [0.15, 0.2) is 18.2 Å². The smallest absolute Gasteiger partial charge is 0.340 e. The predicted octanol–water partition coefficient (Wildman–Crippen LogP) is 2.27. The number of carbonyl (C=O) groups excluding carboxylic acids is 1. The van der Waals surface area contributed by atoms with E-state index in [-0.39, 0.29) is 0 Å². The molecule has 0 aliphatic heterocycles. The van der Waals surface area contributed by atoms with Gasteiger partial charge in [-0.2, -0.15) is 0 Å². The second kappa shape index (κ2) is 3.95. The van der Waals surface area contributed by atoms with Crippen LogP contribution in [0.2, 0.25) is 0 Å². The first-order chi connectivity index (χ1) is 7.94. The van der Waals surface area contributed by atoms with E-state index in [1.54, 1.807) is 12.1 Å². The zero-order valence-electron chi connectivity index (χ0n) is 10.4. The minimum absolute atomic E-state index is 0.340. The fourth-order valence-electron chi connectivity index (χ4n) is 1.85. The molecule has 4 nitrogen and oxygen atoms in total. The molecule has 1 saturated carbocycles. The van der Waals surface area contributed by atoms with E-state index in [2.05, 4.69) is 23.9 Å². The van der Waals surface area contributed by atoms with Gasteiger partial charge in [0.2, 0.25) is 0 Å². The van der Waals surface area contributed by atoms with E-state index in [1.807, 2.05) is 6.07 Å². The number of nitrogens with one attached hydrogen (secondary N) is 1. The number of hydrogen-bond acceptors (Lipinski definition) is 4. The first-order valence-electron chi connectivity index (χ1n) is 5.68. The van der Waals surface area contributed by atoms with Crippen molar-refractivity contribution < 1.29 is 9.53 Å². The quantitative estimate of drug-likeness (QED) is 0.622. The molecule has 1 aromatic carbocycles. The van der Waals surface area contributed by atoms with Gasteiger partial charge in [-0.25, -0.2) is 4.79 Å². The van der Waals surface area contributed by atoms with E-state index in [9.17, 15) is 4.79 Å². The van der Waals surface area contributed by atoms with Crippen LogP contribution in [-0.4, -0.2) is 19.1 Å². The van der Waals surface area contributed by atoms with Gasteiger partial charge in [0, 0.05) is 17.4 Å². The molecule has 1 unspecified atom stereocenters. The highest BCUT2D eigenvalue weighted by molar-refractivity contribution is 5.96. The molecular formula is C13H18N2O2. The number of nitrogens with two attached hydrogens (primary N) is 1. The summed E-state index contributed by atoms with van der Waals surface area (Å²) in [6.45, 7) is 4.42. The minimum Gasteiger partial charge on any atom is -0.465 e. The van der Waals surface area contributed by atoms with Crippen LogP contribution in [0.5, 0.6) is 0 Å². The van der Waals surface area contributed by atoms with E-state index < -0.39 is 5.97 Å². The third kappa shape index (κ3) is 2.35. The molecule has 92 valence electrons. The van der Waals surface area contributed by atoms with Crippen LogP contribution >= 0.6 is 0 Å². The average Bonchev–Trinajstić information content (AvgIpc) is 2.88. The molecule has 1 fully saturated rings. The number of nitrogen functional groups attached to an aromatic ring is 1. The maximum absolute atomic E-state index is 11.5. The first kappa shape index (κ1) is 11.8. The van der Waals surface area contributed by atoms with Crippen molar-refractivity contribution in [1.29, 1.82) is 0 Å². The van der Waals surface area contributed by atoms with Crippen LogP contribution in [-0.2, 0) is 4.74 Å². The van der Waals surface area contributed by atoms with Crippen molar-refractivity contribution in [2.75, 3.05) is 18.2 Å². The summed E-state index contributed by atoms with van der Waals surface area (Å²) >= 11 is 0. The van der Waals surface area contributed by atoms with Crippen molar-refractivity contribution in [2.45, 2.75) is 26.3 Å². The lowest BCUT2D eigenvalue weighted by Gasteiger charge is -2.10. The van der Waals surface area contributed by atoms with Crippen molar-refractivity contribution in [3.63, 3.8) is 0 Å². The summed E-state index contributed by atoms with van der Waals surface area (Å²) in [5.41, 5.74) is 7.84. The predicted molar refractivity (Wildman–Crippen MR) is 68.0 cm³/mol. The third-order valence-corrected chi connectivity index (χ3v) is 3.31. The van der Waals surface area contributed by atoms with E-state index >= 15 is 0 Å². The number of benzene rings is 1. The van der Waals surface area contributed by atoms with Gasteiger partial charge in [-0.05, 0) is 30.0 Å². The Bertz CT molecular complexity index is 455. The van der Waals surface area contributed by atoms with E-state index in [0.717, 1.165) is 12.1 Å². The first-order valence-corrected chi connectivity index (χ1v) is 5.68. The van der Waals surface area contributed by atoms with Crippen molar-refractivity contribution in [2.24, 2.45) is 5.41 Å². The Kier molecular flexibility index (Phi) is 2.73. The lowest BCUT2D eigenvalue weighted by Crippen LogP contribution is -2.11. The van der Waals surface area contributed by atoms with Gasteiger partial charge in [0.1, 0.15) is 0 Å². The summed E-state index contributed by atoms with van der Waals surface area (Å²) in [5.74, 6) is -0.402. The Morgan fingerprint density at radius 3 is 2.71 bits per heavy atom. The normalized spacial score (nSPS) is 20.8. The number of hydrogen-bond donors (Lipinski definition) is 2. The monoisotopic (exact) mass is 234 g/mol. The summed E-state index contributed by atoms with van der Waals surface area (Å²) in [6, 6.07) is 5.83. The number of rotatable bonds is 3. The standard InChI is InChI=1S/C13H18N2O2/c1-13(2)7-11(13)15-8-4-5-10(14)9(6-8)12(16)17-3/h4-6,11,15H,7,14H2,1-3H3. The maximum Gasteiger partial charge on any atom is 0.340 e. The Morgan fingerprint density at radius 2 is 2.18 bits per heavy atom. The molecule has 1 aliphatic carbocycles. The van der Waals surface area contributed by atoms with Crippen LogP contribution in [0, 0.1) is 5.41 Å². The van der Waals surface area contributed by atoms with Crippen LogP contribution in [0.25, 0.3) is 0 Å². The zero-order chi connectivity index (χ0) is 12.6. The molecule has 17 heavy (non-hydrogen) atoms. The summed E-state index contributed by atoms with van der Waals surface area (Å²) in [4.78, 5) is 11.5. The lowest BCUT2D eigenvalue weighted by molar-refractivity contribution is 0.0602. The van der Waals surface area contributed by atoms with Crippen LogP contribution in [0.3, 0.4) is 0 Å². The second-order valence-electron chi connectivity index (χ2n) is 5.18. The topological polar surface area (TPSA) is 64.3 Å². The molecular weight excluding hydrogens is 216 g/mol. The molecule has 0 heterocycles. The van der Waals surface area contributed by atoms with Crippen molar-refractivity contribution in [3.8, 4) is 0 Å². The average molecular weight is 234 g/mol. The molecule has 0 amide bonds. The van der Waals surface area contributed by atoms with Crippen LogP contribution in [0.1, 0.15) is 30.6 Å². The van der Waals surface area contributed by atoms with E-state index in [1.165, 1.54) is 7.11 Å². The van der Waals surface area contributed by atoms with Gasteiger partial charge in [-0.15, -0.1) is 0 Å². The van der Waals surface area contributed by atoms with Gasteiger partial charge in [0.05, 0.1) is 12.7 Å². The Balaban J connectivity index is 2.17. The third-order valence-electron chi connectivity index (χ3n) is 3.31. The van der Waals surface area contributed by atoms with Gasteiger partial charge in [-0.3, -0.25) is 0 Å². The van der Waals surface area contributed by atoms with Crippen LogP contribution < -0.4 is 11.1 Å². The Morgan fingerprint density at radius 1 is 1.53 bits per heavy atom. The van der Waals surface area contributed by atoms with Crippen LogP contribution in [0.4, 0.5) is 11.4 Å². The van der Waals surface area contributed by atoms with Crippen molar-refractivity contribution >= 4 is 17.3 Å². The number of carbonyl (C=O) groups is 1. The number of anilines is 2. The summed E-state index contributed by atoms with van der Waals surface area (Å²) in [6.07, 6.45) is 1.14. The molecule has 4 heteroatoms. The second-order valence-corrected chi connectivity index (χ2v) is 5.18. The SMILES string of the molecule is COC(=O)c1cc(NC2CC2(C)C)ccc1N. The largest absolute Gasteiger partial charge is 0.465 e. The van der Waals surface area contributed by atoms with Crippen molar-refractivity contribution in [3.05, 3.63) is 23.8 Å². The molecule has 0 spiro atoms. The zero-order valence-corrected chi connectivity index (χ0v) is 10.4. The molecule has 0 radical (unpaired) electrons. The van der Waals surface area contributed by atoms with E-state index in [0.29, 0.717) is 22.7 Å². The molecule has 3 N–H and O–H groups in total. The highest BCUT2D eigenvalue weighted by atomic mass is 16.5. The molecule has 2 rings (SSSR count). The summed E-state index contributed by atoms with van der Waals surface area (Å²) in [5, 5.41) is 3.39. The highest BCUT2D eigenvalue weighted by Crippen LogP contribution is 2.46. The lowest BCUT2D eigenvalue weighted by atomic mass is 10.1. The van der Waals surface area contributed by atoms with Gasteiger partial charge in [0.15, 0.2) is 0 Å². The summed E-state index contributed by atoms with van der Waals surface area (Å²) < 4.78 is 4.69. The molecule has 1 atom stereocenters. The van der Waals surface area contributed by atoms with Gasteiger partial charge >= 0.3 is 5.97 Å². The molecule has 1 aromatic rings. The summed E-state index contributed by atoms with van der Waals surface area (Å²) in [7, 11) is 1.35. The number of ether oxygens (including phenoxy) is 1. The van der Waals surface area contributed by atoms with Gasteiger partial charge in [-0.1, -0.05) is 13.8 Å². The molecule has 0 aromatic heterocycles. The van der Waals surface area contributed by atoms with E-state index in [4.69, 9.17) is 5.73 Å². The Labute approximate surface area is 101 Å². The molecule has 1 aliphatic rings. The minimum atomic E-state index is -0.402. The molecule has 0 bridgehead atoms. The van der Waals surface area contributed by atoms with Gasteiger partial charge < -0.3 is 15.8 Å². The Hall–Kier alpha value is -1.71.